The van der Waals surface area contributed by atoms with Gasteiger partial charge < -0.3 is 18.9 Å². The molecule has 0 aliphatic heterocycles. The minimum Gasteiger partial charge on any atom is -0.490 e. The second-order valence-corrected chi connectivity index (χ2v) is 5.78. The van der Waals surface area contributed by atoms with Crippen molar-refractivity contribution in [3.63, 3.8) is 0 Å². The summed E-state index contributed by atoms with van der Waals surface area (Å²) < 4.78 is 35.8. The Morgan fingerprint density at radius 3 is 2.11 bits per heavy atom. The molecule has 0 amide bonds. The van der Waals surface area contributed by atoms with Gasteiger partial charge >= 0.3 is 5.97 Å². The van der Waals surface area contributed by atoms with Gasteiger partial charge in [0, 0.05) is 5.56 Å². The molecule has 0 unspecified atom stereocenters. The summed E-state index contributed by atoms with van der Waals surface area (Å²) in [5.74, 6) is -0.0106. The van der Waals surface area contributed by atoms with Gasteiger partial charge in [-0.15, -0.1) is 0 Å². The minimum atomic E-state index is -0.653. The van der Waals surface area contributed by atoms with Crippen molar-refractivity contribution in [2.45, 2.75) is 27.4 Å². The van der Waals surface area contributed by atoms with E-state index in [1.807, 2.05) is 20.8 Å². The Balaban J connectivity index is 2.29. The van der Waals surface area contributed by atoms with E-state index in [4.69, 9.17) is 30.5 Å². The predicted molar refractivity (Wildman–Crippen MR) is 100 cm³/mol. The largest absolute Gasteiger partial charge is 0.490 e. The molecule has 0 aliphatic rings. The number of halogens is 2. The first-order chi connectivity index (χ1) is 13.0. The van der Waals surface area contributed by atoms with Crippen LogP contribution in [0.2, 0.25) is 5.02 Å². The molecule has 2 aromatic carbocycles. The van der Waals surface area contributed by atoms with Gasteiger partial charge in [-0.05, 0) is 45.0 Å². The summed E-state index contributed by atoms with van der Waals surface area (Å²) >= 11 is 5.96. The summed E-state index contributed by atoms with van der Waals surface area (Å²) in [6.07, 6.45) is 0. The number of hydrogen-bond donors (Lipinski definition) is 0. The Morgan fingerprint density at radius 2 is 1.59 bits per heavy atom. The number of esters is 1. The highest BCUT2D eigenvalue weighted by atomic mass is 35.5. The number of benzene rings is 2. The molecule has 146 valence electrons. The third kappa shape index (κ3) is 5.26. The van der Waals surface area contributed by atoms with Crippen LogP contribution in [0.5, 0.6) is 17.2 Å². The summed E-state index contributed by atoms with van der Waals surface area (Å²) in [7, 11) is 0. The molecular formula is C20H22ClFO5. The van der Waals surface area contributed by atoms with Gasteiger partial charge in [0.2, 0.25) is 5.75 Å². The maximum atomic E-state index is 13.8. The van der Waals surface area contributed by atoms with Crippen LogP contribution in [0.3, 0.4) is 0 Å². The normalized spacial score (nSPS) is 10.4. The molecule has 2 rings (SSSR count). The van der Waals surface area contributed by atoms with Gasteiger partial charge in [0.1, 0.15) is 12.4 Å². The maximum absolute atomic E-state index is 13.8. The third-order valence-electron chi connectivity index (χ3n) is 3.55. The van der Waals surface area contributed by atoms with Crippen molar-refractivity contribution < 1.29 is 28.1 Å². The van der Waals surface area contributed by atoms with Crippen LogP contribution < -0.4 is 14.2 Å². The molecule has 0 spiro atoms. The van der Waals surface area contributed by atoms with E-state index in [0.717, 1.165) is 0 Å². The van der Waals surface area contributed by atoms with Crippen LogP contribution in [-0.4, -0.2) is 25.8 Å². The molecule has 0 aromatic heterocycles. The molecule has 27 heavy (non-hydrogen) atoms. The monoisotopic (exact) mass is 396 g/mol. The zero-order valence-corrected chi connectivity index (χ0v) is 16.3. The molecule has 0 radical (unpaired) electrons. The van der Waals surface area contributed by atoms with E-state index in [9.17, 15) is 9.18 Å². The van der Waals surface area contributed by atoms with Crippen molar-refractivity contribution in [1.82, 2.24) is 0 Å². The Hall–Kier alpha value is -2.47. The smallest absolute Gasteiger partial charge is 0.338 e. The first kappa shape index (κ1) is 20.8. The fourth-order valence-corrected chi connectivity index (χ4v) is 2.62. The molecule has 7 heteroatoms. The Bertz CT molecular complexity index is 747. The molecule has 0 heterocycles. The lowest BCUT2D eigenvalue weighted by molar-refractivity contribution is 0.0468. The van der Waals surface area contributed by atoms with Crippen molar-refractivity contribution in [1.29, 1.82) is 0 Å². The maximum Gasteiger partial charge on any atom is 0.338 e. The minimum absolute atomic E-state index is 0.119. The second-order valence-electron chi connectivity index (χ2n) is 5.38. The van der Waals surface area contributed by atoms with E-state index in [0.29, 0.717) is 37.1 Å². The number of rotatable bonds is 9. The Morgan fingerprint density at radius 1 is 1.00 bits per heavy atom. The zero-order chi connectivity index (χ0) is 19.8. The van der Waals surface area contributed by atoms with Gasteiger partial charge in [-0.2, -0.15) is 0 Å². The standard InChI is InChI=1S/C20H22ClFO5/c1-4-24-17-10-13(11-18(25-5-2)19(17)26-6-3)20(23)27-12-14-15(21)8-7-9-16(14)22/h7-11H,4-6,12H2,1-3H3. The number of carbonyl (C=O) groups is 1. The molecule has 0 aliphatic carbocycles. The summed E-state index contributed by atoms with van der Waals surface area (Å²) in [6.45, 7) is 6.37. The van der Waals surface area contributed by atoms with Gasteiger partial charge in [0.05, 0.1) is 30.4 Å². The number of carbonyl (C=O) groups excluding carboxylic acids is 1. The molecule has 0 saturated carbocycles. The van der Waals surface area contributed by atoms with E-state index in [1.54, 1.807) is 0 Å². The zero-order valence-electron chi connectivity index (χ0n) is 15.5. The van der Waals surface area contributed by atoms with Crippen LogP contribution in [-0.2, 0) is 11.3 Å². The summed E-state index contributed by atoms with van der Waals surface area (Å²) in [6, 6.07) is 7.31. The highest BCUT2D eigenvalue weighted by Crippen LogP contribution is 2.39. The first-order valence-corrected chi connectivity index (χ1v) is 9.05. The van der Waals surface area contributed by atoms with Gasteiger partial charge in [0.25, 0.3) is 0 Å². The van der Waals surface area contributed by atoms with Gasteiger partial charge in [-0.3, -0.25) is 0 Å². The molecular weight excluding hydrogens is 375 g/mol. The predicted octanol–water partition coefficient (Wildman–Crippen LogP) is 5.03. The van der Waals surface area contributed by atoms with Gasteiger partial charge in [0.15, 0.2) is 11.5 Å². The average Bonchev–Trinajstić information content (AvgIpc) is 2.64. The van der Waals surface area contributed by atoms with E-state index in [-0.39, 0.29) is 22.8 Å². The fraction of sp³-hybridized carbons (Fsp3) is 0.350. The lowest BCUT2D eigenvalue weighted by Crippen LogP contribution is -2.09. The van der Waals surface area contributed by atoms with E-state index >= 15 is 0 Å². The molecule has 0 bridgehead atoms. The molecule has 0 fully saturated rings. The summed E-state index contributed by atoms with van der Waals surface area (Å²) in [4.78, 5) is 12.5. The molecule has 5 nitrogen and oxygen atoms in total. The highest BCUT2D eigenvalue weighted by molar-refractivity contribution is 6.31. The first-order valence-electron chi connectivity index (χ1n) is 8.68. The van der Waals surface area contributed by atoms with Crippen LogP contribution in [0.4, 0.5) is 4.39 Å². The van der Waals surface area contributed by atoms with Crippen LogP contribution in [0, 0.1) is 5.82 Å². The molecule has 0 atom stereocenters. The third-order valence-corrected chi connectivity index (χ3v) is 3.91. The van der Waals surface area contributed by atoms with E-state index < -0.39 is 11.8 Å². The van der Waals surface area contributed by atoms with Crippen molar-refractivity contribution in [2.24, 2.45) is 0 Å². The van der Waals surface area contributed by atoms with Crippen LogP contribution in [0.1, 0.15) is 36.7 Å². The SMILES string of the molecule is CCOc1cc(C(=O)OCc2c(F)cccc2Cl)cc(OCC)c1OCC. The van der Waals surface area contributed by atoms with E-state index in [1.165, 1.54) is 30.3 Å². The molecule has 0 saturated heterocycles. The van der Waals surface area contributed by atoms with Crippen molar-refractivity contribution >= 4 is 17.6 Å². The highest BCUT2D eigenvalue weighted by Gasteiger charge is 2.20. The molecule has 2 aromatic rings. The topological polar surface area (TPSA) is 54.0 Å². The number of hydrogen-bond acceptors (Lipinski definition) is 5. The van der Waals surface area contributed by atoms with Crippen molar-refractivity contribution in [2.75, 3.05) is 19.8 Å². The second kappa shape index (κ2) is 10.0. The quantitative estimate of drug-likeness (QED) is 0.556. The average molecular weight is 397 g/mol. The van der Waals surface area contributed by atoms with Crippen LogP contribution >= 0.6 is 11.6 Å². The summed E-state index contributed by atoms with van der Waals surface area (Å²) in [5.41, 5.74) is 0.325. The number of ether oxygens (including phenoxy) is 4. The lowest BCUT2D eigenvalue weighted by atomic mass is 10.1. The van der Waals surface area contributed by atoms with Crippen LogP contribution in [0.25, 0.3) is 0 Å². The van der Waals surface area contributed by atoms with Gasteiger partial charge in [-0.25, -0.2) is 9.18 Å². The van der Waals surface area contributed by atoms with Gasteiger partial charge in [-0.1, -0.05) is 17.7 Å². The molecule has 0 N–H and O–H groups in total. The lowest BCUT2D eigenvalue weighted by Gasteiger charge is -2.17. The fourth-order valence-electron chi connectivity index (χ4n) is 2.40. The Labute approximate surface area is 162 Å². The van der Waals surface area contributed by atoms with Crippen molar-refractivity contribution in [3.8, 4) is 17.2 Å². The summed E-state index contributed by atoms with van der Waals surface area (Å²) in [5, 5.41) is 0.194. The van der Waals surface area contributed by atoms with Crippen molar-refractivity contribution in [3.05, 3.63) is 52.3 Å². The Kier molecular flexibility index (Phi) is 7.73. The van der Waals surface area contributed by atoms with E-state index in [2.05, 4.69) is 0 Å². The van der Waals surface area contributed by atoms with Crippen LogP contribution in [0.15, 0.2) is 30.3 Å².